The second-order valence-electron chi connectivity index (χ2n) is 2.31. The molecule has 0 bridgehead atoms. The number of benzene rings is 1. The van der Waals surface area contributed by atoms with E-state index in [0.717, 1.165) is 0 Å². The maximum Gasteiger partial charge on any atom is 0.0238 e. The van der Waals surface area contributed by atoms with Gasteiger partial charge in [0.05, 0.1) is 0 Å². The molecule has 0 aromatic heterocycles. The molecule has 1 aromatic carbocycles. The van der Waals surface area contributed by atoms with Gasteiger partial charge in [-0.1, -0.05) is 29.0 Å². The zero-order valence-corrected chi connectivity index (χ0v) is 7.80. The Hall–Kier alpha value is -0.0800. The van der Waals surface area contributed by atoms with Crippen molar-refractivity contribution < 1.29 is 0 Å². The van der Waals surface area contributed by atoms with Crippen molar-refractivity contribution in [3.63, 3.8) is 0 Å². The molecule has 0 amide bonds. The van der Waals surface area contributed by atoms with E-state index in [1.165, 1.54) is 26.8 Å². The Bertz CT molecular complexity index is 210. The molecule has 10 heavy (non-hydrogen) atoms. The first kappa shape index (κ1) is 8.02. The Labute approximate surface area is 70.8 Å². The van der Waals surface area contributed by atoms with Crippen LogP contribution in [0.5, 0.6) is 0 Å². The molecule has 2 heteroatoms. The highest BCUT2D eigenvalue weighted by atomic mass is 33.1. The number of aryl methyl sites for hydroxylation is 2. The summed E-state index contributed by atoms with van der Waals surface area (Å²) >= 11 is 4.17. The zero-order valence-electron chi connectivity index (χ0n) is 6.09. The van der Waals surface area contributed by atoms with E-state index in [1.807, 2.05) is 0 Å². The predicted octanol–water partition coefficient (Wildman–Crippen LogP) is 3.24. The average molecular weight is 170 g/mol. The fourth-order valence-corrected chi connectivity index (χ4v) is 2.23. The van der Waals surface area contributed by atoms with Crippen LogP contribution in [0.15, 0.2) is 23.1 Å². The smallest absolute Gasteiger partial charge is 0.0238 e. The van der Waals surface area contributed by atoms with Crippen molar-refractivity contribution in [3.8, 4) is 0 Å². The molecule has 0 aliphatic heterocycles. The molecule has 1 aromatic rings. The van der Waals surface area contributed by atoms with Crippen LogP contribution in [0.3, 0.4) is 0 Å². The Balaban J connectivity index is 3.17. The van der Waals surface area contributed by atoms with Crippen molar-refractivity contribution in [3.05, 3.63) is 29.3 Å². The van der Waals surface area contributed by atoms with Gasteiger partial charge in [-0.15, -0.1) is 11.7 Å². The summed E-state index contributed by atoms with van der Waals surface area (Å²) in [6.45, 7) is 4.21. The molecule has 1 rings (SSSR count). The fourth-order valence-electron chi connectivity index (χ4n) is 0.943. The van der Waals surface area contributed by atoms with Gasteiger partial charge in [0.15, 0.2) is 0 Å². The Morgan fingerprint density at radius 2 is 1.70 bits per heavy atom. The van der Waals surface area contributed by atoms with E-state index in [1.54, 1.807) is 0 Å². The van der Waals surface area contributed by atoms with Crippen LogP contribution in [0.1, 0.15) is 11.1 Å². The maximum absolute atomic E-state index is 4.17. The summed E-state index contributed by atoms with van der Waals surface area (Å²) in [5.41, 5.74) is 2.61. The molecule has 0 saturated heterocycles. The summed E-state index contributed by atoms with van der Waals surface area (Å²) in [7, 11) is 1.52. The van der Waals surface area contributed by atoms with E-state index in [9.17, 15) is 0 Å². The minimum Gasteiger partial charge on any atom is -0.106 e. The largest absolute Gasteiger partial charge is 0.106 e. The Kier molecular flexibility index (Phi) is 2.69. The van der Waals surface area contributed by atoms with Gasteiger partial charge in [0.25, 0.3) is 0 Å². The van der Waals surface area contributed by atoms with E-state index in [4.69, 9.17) is 0 Å². The highest BCUT2D eigenvalue weighted by molar-refractivity contribution is 8.68. The molecule has 54 valence electrons. The molecule has 0 saturated carbocycles. The van der Waals surface area contributed by atoms with E-state index in [0.29, 0.717) is 0 Å². The van der Waals surface area contributed by atoms with E-state index < -0.39 is 0 Å². The summed E-state index contributed by atoms with van der Waals surface area (Å²) in [5, 5.41) is 0. The van der Waals surface area contributed by atoms with Crippen LogP contribution in [-0.4, -0.2) is 0 Å². The van der Waals surface area contributed by atoms with Gasteiger partial charge in [-0.2, -0.15) is 0 Å². The monoisotopic (exact) mass is 170 g/mol. The molecule has 0 unspecified atom stereocenters. The number of hydrogen-bond acceptors (Lipinski definition) is 2. The van der Waals surface area contributed by atoms with Gasteiger partial charge < -0.3 is 0 Å². The molecule has 0 radical (unpaired) electrons. The quantitative estimate of drug-likeness (QED) is 0.498. The van der Waals surface area contributed by atoms with Crippen molar-refractivity contribution in [2.75, 3.05) is 0 Å². The van der Waals surface area contributed by atoms with Crippen molar-refractivity contribution >= 4 is 22.5 Å². The van der Waals surface area contributed by atoms with Gasteiger partial charge in [-0.05, 0) is 25.0 Å². The molecular weight excluding hydrogens is 160 g/mol. The van der Waals surface area contributed by atoms with Crippen LogP contribution in [0.25, 0.3) is 0 Å². The minimum absolute atomic E-state index is 1.28. The molecule has 0 fully saturated rings. The molecular formula is C8H10S2. The highest BCUT2D eigenvalue weighted by Crippen LogP contribution is 2.28. The third-order valence-electron chi connectivity index (χ3n) is 1.50. The van der Waals surface area contributed by atoms with Crippen LogP contribution >= 0.6 is 22.5 Å². The molecule has 0 aliphatic carbocycles. The van der Waals surface area contributed by atoms with Crippen LogP contribution in [0.4, 0.5) is 0 Å². The van der Waals surface area contributed by atoms with E-state index in [2.05, 4.69) is 43.7 Å². The molecule has 0 aliphatic rings. The van der Waals surface area contributed by atoms with E-state index >= 15 is 0 Å². The topological polar surface area (TPSA) is 0 Å². The molecule has 0 spiro atoms. The third-order valence-corrected chi connectivity index (χ3v) is 2.87. The van der Waals surface area contributed by atoms with Crippen LogP contribution < -0.4 is 0 Å². The van der Waals surface area contributed by atoms with Crippen LogP contribution in [-0.2, 0) is 0 Å². The first-order valence-electron chi connectivity index (χ1n) is 3.13. The number of rotatable bonds is 1. The van der Waals surface area contributed by atoms with Gasteiger partial charge in [0, 0.05) is 4.90 Å². The number of thiol groups is 1. The van der Waals surface area contributed by atoms with Gasteiger partial charge in [0.2, 0.25) is 0 Å². The summed E-state index contributed by atoms with van der Waals surface area (Å²) in [4.78, 5) is 1.28. The van der Waals surface area contributed by atoms with Crippen molar-refractivity contribution in [2.45, 2.75) is 18.7 Å². The summed E-state index contributed by atoms with van der Waals surface area (Å²) in [6.07, 6.45) is 0. The zero-order chi connectivity index (χ0) is 7.56. The van der Waals surface area contributed by atoms with Gasteiger partial charge in [-0.3, -0.25) is 0 Å². The summed E-state index contributed by atoms with van der Waals surface area (Å²) < 4.78 is 0. The SMILES string of the molecule is Cc1cccc(C)c1SS. The third kappa shape index (κ3) is 1.50. The van der Waals surface area contributed by atoms with Gasteiger partial charge >= 0.3 is 0 Å². The minimum atomic E-state index is 1.28. The second-order valence-corrected chi connectivity index (χ2v) is 3.45. The van der Waals surface area contributed by atoms with Crippen LogP contribution in [0.2, 0.25) is 0 Å². The van der Waals surface area contributed by atoms with Crippen molar-refractivity contribution in [2.24, 2.45) is 0 Å². The Morgan fingerprint density at radius 1 is 1.20 bits per heavy atom. The number of hydrogen-bond donors (Lipinski definition) is 1. The van der Waals surface area contributed by atoms with Crippen molar-refractivity contribution in [1.29, 1.82) is 0 Å². The lowest BCUT2D eigenvalue weighted by Crippen LogP contribution is -1.80. The second kappa shape index (κ2) is 3.35. The standard InChI is InChI=1S/C8H10S2/c1-6-4-3-5-7(2)8(6)10-9/h3-5,9H,1-2H3. The summed E-state index contributed by atoms with van der Waals surface area (Å²) in [5.74, 6) is 0. The normalized spacial score (nSPS) is 9.90. The highest BCUT2D eigenvalue weighted by Gasteiger charge is 1.98. The lowest BCUT2D eigenvalue weighted by atomic mass is 10.2. The summed E-state index contributed by atoms with van der Waals surface area (Å²) in [6, 6.07) is 6.27. The first-order chi connectivity index (χ1) is 4.75. The predicted molar refractivity (Wildman–Crippen MR) is 50.8 cm³/mol. The molecule has 0 N–H and O–H groups in total. The first-order valence-corrected chi connectivity index (χ1v) is 5.00. The molecule has 0 atom stereocenters. The average Bonchev–Trinajstić information content (AvgIpc) is 1.88. The van der Waals surface area contributed by atoms with Crippen LogP contribution in [0, 0.1) is 13.8 Å². The molecule has 0 nitrogen and oxygen atoms in total. The maximum atomic E-state index is 4.17. The van der Waals surface area contributed by atoms with Gasteiger partial charge in [0.1, 0.15) is 0 Å². The van der Waals surface area contributed by atoms with E-state index in [-0.39, 0.29) is 0 Å². The lowest BCUT2D eigenvalue weighted by molar-refractivity contribution is 1.22. The lowest BCUT2D eigenvalue weighted by Gasteiger charge is -2.03. The fraction of sp³-hybridized carbons (Fsp3) is 0.250. The van der Waals surface area contributed by atoms with Gasteiger partial charge in [-0.25, -0.2) is 0 Å². The Morgan fingerprint density at radius 3 is 2.00 bits per heavy atom. The molecule has 0 heterocycles. The van der Waals surface area contributed by atoms with Crippen molar-refractivity contribution in [1.82, 2.24) is 0 Å².